The van der Waals surface area contributed by atoms with Gasteiger partial charge in [-0.15, -0.1) is 0 Å². The molecule has 0 bridgehead atoms. The first-order valence-corrected chi connectivity index (χ1v) is 10.4. The van der Waals surface area contributed by atoms with Gasteiger partial charge in [-0.2, -0.15) is 0 Å². The molecule has 2 N–H and O–H groups in total. The SMILES string of the molecule is CC(C)c1ccc(NC(=O)NC(CCc2ccc(Cl)cc2)c2ccccc2)cc1. The average molecular weight is 407 g/mol. The standard InChI is InChI=1S/C25H27ClN2O/c1-18(2)20-11-15-23(16-12-20)27-25(29)28-24(21-6-4-3-5-7-21)17-10-19-8-13-22(26)14-9-19/h3-9,11-16,18,24H,10,17H2,1-2H3,(H2,27,28,29). The first kappa shape index (κ1) is 20.9. The molecule has 2 amide bonds. The molecule has 0 aliphatic rings. The van der Waals surface area contributed by atoms with Gasteiger partial charge in [0.15, 0.2) is 0 Å². The van der Waals surface area contributed by atoms with Crippen LogP contribution in [0.4, 0.5) is 10.5 Å². The number of rotatable bonds is 7. The molecule has 0 saturated heterocycles. The van der Waals surface area contributed by atoms with E-state index in [0.29, 0.717) is 5.92 Å². The van der Waals surface area contributed by atoms with E-state index in [1.807, 2.05) is 66.7 Å². The minimum Gasteiger partial charge on any atom is -0.331 e. The normalized spacial score (nSPS) is 11.9. The molecular formula is C25H27ClN2O. The Morgan fingerprint density at radius 1 is 0.862 bits per heavy atom. The Labute approximate surface area is 178 Å². The van der Waals surface area contributed by atoms with Gasteiger partial charge in [-0.1, -0.05) is 80.0 Å². The fourth-order valence-corrected chi connectivity index (χ4v) is 3.37. The lowest BCUT2D eigenvalue weighted by atomic mass is 9.99. The van der Waals surface area contributed by atoms with E-state index in [9.17, 15) is 4.79 Å². The molecule has 0 aliphatic heterocycles. The van der Waals surface area contributed by atoms with E-state index in [0.717, 1.165) is 29.1 Å². The highest BCUT2D eigenvalue weighted by Crippen LogP contribution is 2.21. The third-order valence-electron chi connectivity index (χ3n) is 4.98. The summed E-state index contributed by atoms with van der Waals surface area (Å²) in [4.78, 5) is 12.6. The van der Waals surface area contributed by atoms with Crippen LogP contribution in [0, 0.1) is 0 Å². The molecule has 1 unspecified atom stereocenters. The van der Waals surface area contributed by atoms with E-state index in [2.05, 4.69) is 36.6 Å². The lowest BCUT2D eigenvalue weighted by molar-refractivity contribution is 0.248. The van der Waals surface area contributed by atoms with E-state index in [1.165, 1.54) is 11.1 Å². The first-order chi connectivity index (χ1) is 14.0. The Hall–Kier alpha value is -2.78. The fourth-order valence-electron chi connectivity index (χ4n) is 3.25. The van der Waals surface area contributed by atoms with Gasteiger partial charge in [0.2, 0.25) is 0 Å². The molecule has 0 fully saturated rings. The maximum absolute atomic E-state index is 12.6. The highest BCUT2D eigenvalue weighted by atomic mass is 35.5. The summed E-state index contributed by atoms with van der Waals surface area (Å²) in [5.41, 5.74) is 4.33. The number of urea groups is 1. The molecule has 0 aromatic heterocycles. The quantitative estimate of drug-likeness (QED) is 0.437. The van der Waals surface area contributed by atoms with Crippen LogP contribution in [0.25, 0.3) is 0 Å². The number of amides is 2. The lowest BCUT2D eigenvalue weighted by Gasteiger charge is -2.20. The molecule has 3 aromatic carbocycles. The molecule has 1 atom stereocenters. The summed E-state index contributed by atoms with van der Waals surface area (Å²) >= 11 is 5.98. The van der Waals surface area contributed by atoms with Gasteiger partial charge in [0.05, 0.1) is 6.04 Å². The Morgan fingerprint density at radius 2 is 1.52 bits per heavy atom. The zero-order chi connectivity index (χ0) is 20.6. The molecule has 4 heteroatoms. The molecule has 0 radical (unpaired) electrons. The van der Waals surface area contributed by atoms with E-state index in [4.69, 9.17) is 11.6 Å². The number of aryl methyl sites for hydroxylation is 1. The Bertz CT molecular complexity index is 906. The van der Waals surface area contributed by atoms with Crippen LogP contribution in [0.2, 0.25) is 5.02 Å². The number of halogens is 1. The molecular weight excluding hydrogens is 380 g/mol. The van der Waals surface area contributed by atoms with Gasteiger partial charge < -0.3 is 10.6 Å². The third kappa shape index (κ3) is 6.37. The van der Waals surface area contributed by atoms with Crippen LogP contribution >= 0.6 is 11.6 Å². The minimum absolute atomic E-state index is 0.0817. The molecule has 29 heavy (non-hydrogen) atoms. The predicted molar refractivity (Wildman–Crippen MR) is 122 cm³/mol. The van der Waals surface area contributed by atoms with E-state index in [-0.39, 0.29) is 12.1 Å². The summed E-state index contributed by atoms with van der Waals surface area (Å²) in [6.45, 7) is 4.31. The van der Waals surface area contributed by atoms with Crippen LogP contribution in [0.15, 0.2) is 78.9 Å². The van der Waals surface area contributed by atoms with Crippen molar-refractivity contribution in [3.63, 3.8) is 0 Å². The summed E-state index contributed by atoms with van der Waals surface area (Å²) in [6, 6.07) is 25.6. The van der Waals surface area contributed by atoms with Crippen molar-refractivity contribution in [1.29, 1.82) is 0 Å². The van der Waals surface area contributed by atoms with Crippen LogP contribution < -0.4 is 10.6 Å². The number of anilines is 1. The second-order valence-corrected chi connectivity index (χ2v) is 7.94. The number of carbonyl (C=O) groups excluding carboxylic acids is 1. The molecule has 0 spiro atoms. The van der Waals surface area contributed by atoms with E-state index < -0.39 is 0 Å². The summed E-state index contributed by atoms with van der Waals surface area (Å²) in [5, 5.41) is 6.80. The number of hydrogen-bond donors (Lipinski definition) is 2. The van der Waals surface area contributed by atoms with Crippen LogP contribution in [-0.4, -0.2) is 6.03 Å². The molecule has 0 aliphatic carbocycles. The minimum atomic E-state index is -0.202. The third-order valence-corrected chi connectivity index (χ3v) is 5.23. The highest BCUT2D eigenvalue weighted by molar-refractivity contribution is 6.30. The summed E-state index contributed by atoms with van der Waals surface area (Å²) < 4.78 is 0. The monoisotopic (exact) mass is 406 g/mol. The zero-order valence-corrected chi connectivity index (χ0v) is 17.6. The van der Waals surface area contributed by atoms with Gasteiger partial charge in [0.1, 0.15) is 0 Å². The van der Waals surface area contributed by atoms with Crippen molar-refractivity contribution < 1.29 is 4.79 Å². The van der Waals surface area contributed by atoms with Gasteiger partial charge >= 0.3 is 6.03 Å². The molecule has 3 rings (SSSR count). The lowest BCUT2D eigenvalue weighted by Crippen LogP contribution is -2.32. The van der Waals surface area contributed by atoms with Gasteiger partial charge in [0, 0.05) is 10.7 Å². The van der Waals surface area contributed by atoms with Crippen LogP contribution in [-0.2, 0) is 6.42 Å². The van der Waals surface area contributed by atoms with Gasteiger partial charge in [0.25, 0.3) is 0 Å². The maximum Gasteiger partial charge on any atom is 0.319 e. The van der Waals surface area contributed by atoms with Crippen molar-refractivity contribution in [3.8, 4) is 0 Å². The molecule has 0 heterocycles. The van der Waals surface area contributed by atoms with Crippen molar-refractivity contribution in [3.05, 3.63) is 101 Å². The predicted octanol–water partition coefficient (Wildman–Crippen LogP) is 6.96. The van der Waals surface area contributed by atoms with Crippen molar-refractivity contribution in [2.45, 2.75) is 38.6 Å². The zero-order valence-electron chi connectivity index (χ0n) is 16.9. The number of carbonyl (C=O) groups is 1. The molecule has 0 saturated carbocycles. The Kier molecular flexibility index (Phi) is 7.31. The van der Waals surface area contributed by atoms with Crippen molar-refractivity contribution >= 4 is 23.3 Å². The Morgan fingerprint density at radius 3 is 2.14 bits per heavy atom. The van der Waals surface area contributed by atoms with Crippen molar-refractivity contribution in [2.75, 3.05) is 5.32 Å². The first-order valence-electron chi connectivity index (χ1n) is 9.98. The second-order valence-electron chi connectivity index (χ2n) is 7.50. The molecule has 150 valence electrons. The maximum atomic E-state index is 12.6. The average Bonchev–Trinajstić information content (AvgIpc) is 2.73. The topological polar surface area (TPSA) is 41.1 Å². The number of benzene rings is 3. The van der Waals surface area contributed by atoms with Crippen LogP contribution in [0.5, 0.6) is 0 Å². The van der Waals surface area contributed by atoms with E-state index >= 15 is 0 Å². The Balaban J connectivity index is 1.65. The molecule has 3 nitrogen and oxygen atoms in total. The fraction of sp³-hybridized carbons (Fsp3) is 0.240. The van der Waals surface area contributed by atoms with Crippen molar-refractivity contribution in [1.82, 2.24) is 5.32 Å². The largest absolute Gasteiger partial charge is 0.331 e. The summed E-state index contributed by atoms with van der Waals surface area (Å²) in [7, 11) is 0. The summed E-state index contributed by atoms with van der Waals surface area (Å²) in [6.07, 6.45) is 1.64. The second kappa shape index (κ2) is 10.1. The smallest absolute Gasteiger partial charge is 0.319 e. The van der Waals surface area contributed by atoms with Gasteiger partial charge in [-0.3, -0.25) is 0 Å². The van der Waals surface area contributed by atoms with Crippen molar-refractivity contribution in [2.24, 2.45) is 0 Å². The van der Waals surface area contributed by atoms with Gasteiger partial charge in [-0.25, -0.2) is 4.79 Å². The van der Waals surface area contributed by atoms with Gasteiger partial charge in [-0.05, 0) is 59.7 Å². The van der Waals surface area contributed by atoms with E-state index in [1.54, 1.807) is 0 Å². The highest BCUT2D eigenvalue weighted by Gasteiger charge is 2.15. The van der Waals surface area contributed by atoms with Crippen LogP contribution in [0.3, 0.4) is 0 Å². The molecule has 3 aromatic rings. The summed E-state index contributed by atoms with van der Waals surface area (Å²) in [5.74, 6) is 0.466. The number of hydrogen-bond acceptors (Lipinski definition) is 1. The number of nitrogens with one attached hydrogen (secondary N) is 2. The van der Waals surface area contributed by atoms with Crippen LogP contribution in [0.1, 0.15) is 48.9 Å².